The van der Waals surface area contributed by atoms with Gasteiger partial charge in [0.15, 0.2) is 5.96 Å². The molecule has 1 saturated carbocycles. The van der Waals surface area contributed by atoms with E-state index in [1.807, 2.05) is 0 Å². The molecule has 3 nitrogen and oxygen atoms in total. The first kappa shape index (κ1) is 13.8. The Morgan fingerprint density at radius 1 is 1.26 bits per heavy atom. The Hall–Kier alpha value is -1.58. The summed E-state index contributed by atoms with van der Waals surface area (Å²) in [5.41, 5.74) is 1.04. The summed E-state index contributed by atoms with van der Waals surface area (Å²) in [5, 5.41) is 6.52. The van der Waals surface area contributed by atoms with Crippen molar-refractivity contribution in [3.05, 3.63) is 35.6 Å². The van der Waals surface area contributed by atoms with E-state index in [-0.39, 0.29) is 5.82 Å². The van der Waals surface area contributed by atoms with Crippen LogP contribution >= 0.6 is 0 Å². The highest BCUT2D eigenvalue weighted by Crippen LogP contribution is 2.33. The van der Waals surface area contributed by atoms with E-state index in [0.29, 0.717) is 6.54 Å². The van der Waals surface area contributed by atoms with Gasteiger partial charge in [0.1, 0.15) is 5.82 Å². The predicted octanol–water partition coefficient (Wildman–Crippen LogP) is 2.68. The van der Waals surface area contributed by atoms with E-state index in [2.05, 4.69) is 15.6 Å². The van der Waals surface area contributed by atoms with Gasteiger partial charge in [-0.3, -0.25) is 4.99 Å². The molecule has 1 aliphatic carbocycles. The van der Waals surface area contributed by atoms with Crippen molar-refractivity contribution in [2.24, 2.45) is 10.9 Å². The highest BCUT2D eigenvalue weighted by molar-refractivity contribution is 5.79. The standard InChI is InChI=1S/C15H22FN3/c1-17-15(18-10-2-3-12-4-5-12)19-11-13-6-8-14(16)9-7-13/h6-9,12H,2-5,10-11H2,1H3,(H2,17,18,19). The Labute approximate surface area is 114 Å². The Bertz CT molecular complexity index is 410. The Morgan fingerprint density at radius 2 is 2.00 bits per heavy atom. The second-order valence-electron chi connectivity index (χ2n) is 5.06. The van der Waals surface area contributed by atoms with Crippen LogP contribution in [0.1, 0.15) is 31.2 Å². The molecule has 0 heterocycles. The minimum Gasteiger partial charge on any atom is -0.356 e. The molecule has 0 bridgehead atoms. The summed E-state index contributed by atoms with van der Waals surface area (Å²) in [5.74, 6) is 1.59. The molecule has 0 aromatic heterocycles. The van der Waals surface area contributed by atoms with Crippen molar-refractivity contribution in [1.29, 1.82) is 0 Å². The molecule has 0 aliphatic heterocycles. The van der Waals surface area contributed by atoms with Crippen molar-refractivity contribution in [1.82, 2.24) is 10.6 Å². The zero-order valence-electron chi connectivity index (χ0n) is 11.5. The summed E-state index contributed by atoms with van der Waals surface area (Å²) in [6.45, 7) is 1.61. The van der Waals surface area contributed by atoms with Crippen molar-refractivity contribution in [3.63, 3.8) is 0 Å². The molecule has 2 rings (SSSR count). The van der Waals surface area contributed by atoms with Crippen LogP contribution in [0.25, 0.3) is 0 Å². The number of halogens is 1. The van der Waals surface area contributed by atoms with Crippen LogP contribution in [-0.4, -0.2) is 19.6 Å². The van der Waals surface area contributed by atoms with Crippen LogP contribution in [0.5, 0.6) is 0 Å². The minimum absolute atomic E-state index is 0.202. The van der Waals surface area contributed by atoms with Crippen LogP contribution in [0.2, 0.25) is 0 Å². The molecular weight excluding hydrogens is 241 g/mol. The second-order valence-corrected chi connectivity index (χ2v) is 5.06. The lowest BCUT2D eigenvalue weighted by atomic mass is 10.2. The summed E-state index contributed by atoms with van der Waals surface area (Å²) < 4.78 is 12.8. The van der Waals surface area contributed by atoms with Gasteiger partial charge >= 0.3 is 0 Å². The number of nitrogens with zero attached hydrogens (tertiary/aromatic N) is 1. The van der Waals surface area contributed by atoms with Crippen molar-refractivity contribution in [3.8, 4) is 0 Å². The smallest absolute Gasteiger partial charge is 0.191 e. The number of benzene rings is 1. The van der Waals surface area contributed by atoms with Gasteiger partial charge in [0.25, 0.3) is 0 Å². The molecule has 1 aromatic carbocycles. The minimum atomic E-state index is -0.202. The summed E-state index contributed by atoms with van der Waals surface area (Å²) in [6, 6.07) is 6.51. The molecule has 0 amide bonds. The lowest BCUT2D eigenvalue weighted by molar-refractivity contribution is 0.626. The molecule has 0 saturated heterocycles. The molecule has 104 valence electrons. The monoisotopic (exact) mass is 263 g/mol. The maximum atomic E-state index is 12.8. The third kappa shape index (κ3) is 5.28. The Kier molecular flexibility index (Phi) is 5.19. The van der Waals surface area contributed by atoms with Crippen LogP contribution in [0.15, 0.2) is 29.3 Å². The first-order valence-electron chi connectivity index (χ1n) is 6.97. The van der Waals surface area contributed by atoms with Crippen LogP contribution in [0.3, 0.4) is 0 Å². The largest absolute Gasteiger partial charge is 0.356 e. The van der Waals surface area contributed by atoms with E-state index in [0.717, 1.165) is 24.0 Å². The lowest BCUT2D eigenvalue weighted by Gasteiger charge is -2.11. The molecule has 2 N–H and O–H groups in total. The molecule has 0 radical (unpaired) electrons. The van der Waals surface area contributed by atoms with Gasteiger partial charge in [-0.1, -0.05) is 25.0 Å². The van der Waals surface area contributed by atoms with E-state index in [9.17, 15) is 4.39 Å². The first-order chi connectivity index (χ1) is 9.28. The number of guanidine groups is 1. The van der Waals surface area contributed by atoms with Crippen molar-refractivity contribution >= 4 is 5.96 Å². The van der Waals surface area contributed by atoms with Gasteiger partial charge in [-0.05, 0) is 36.5 Å². The molecule has 1 fully saturated rings. The van der Waals surface area contributed by atoms with Crippen LogP contribution < -0.4 is 10.6 Å². The molecule has 4 heteroatoms. The van der Waals surface area contributed by atoms with Gasteiger partial charge in [0.05, 0.1) is 0 Å². The number of aliphatic imine (C=N–C) groups is 1. The third-order valence-electron chi connectivity index (χ3n) is 3.38. The molecule has 1 aliphatic rings. The predicted molar refractivity (Wildman–Crippen MR) is 76.6 cm³/mol. The lowest BCUT2D eigenvalue weighted by Crippen LogP contribution is -2.37. The maximum Gasteiger partial charge on any atom is 0.191 e. The zero-order chi connectivity index (χ0) is 13.5. The molecule has 0 spiro atoms. The summed E-state index contributed by atoms with van der Waals surface area (Å²) >= 11 is 0. The van der Waals surface area contributed by atoms with E-state index in [4.69, 9.17) is 0 Å². The van der Waals surface area contributed by atoms with Gasteiger partial charge in [-0.2, -0.15) is 0 Å². The van der Waals surface area contributed by atoms with Gasteiger partial charge < -0.3 is 10.6 Å². The summed E-state index contributed by atoms with van der Waals surface area (Å²) in [4.78, 5) is 4.17. The SMILES string of the molecule is CN=C(NCCCC1CC1)NCc1ccc(F)cc1. The van der Waals surface area contributed by atoms with E-state index < -0.39 is 0 Å². The van der Waals surface area contributed by atoms with Crippen LogP contribution in [-0.2, 0) is 6.54 Å². The van der Waals surface area contributed by atoms with Crippen molar-refractivity contribution in [2.75, 3.05) is 13.6 Å². The number of hydrogen-bond donors (Lipinski definition) is 2. The topological polar surface area (TPSA) is 36.4 Å². The van der Waals surface area contributed by atoms with Crippen LogP contribution in [0.4, 0.5) is 4.39 Å². The van der Waals surface area contributed by atoms with Crippen molar-refractivity contribution < 1.29 is 4.39 Å². The van der Waals surface area contributed by atoms with Crippen molar-refractivity contribution in [2.45, 2.75) is 32.2 Å². The van der Waals surface area contributed by atoms with E-state index in [1.165, 1.54) is 37.8 Å². The second kappa shape index (κ2) is 7.12. The molecule has 0 atom stereocenters. The normalized spacial score (nSPS) is 15.4. The third-order valence-corrected chi connectivity index (χ3v) is 3.38. The fraction of sp³-hybridized carbons (Fsp3) is 0.533. The maximum absolute atomic E-state index is 12.8. The fourth-order valence-corrected chi connectivity index (χ4v) is 2.01. The number of hydrogen-bond acceptors (Lipinski definition) is 1. The van der Waals surface area contributed by atoms with Gasteiger partial charge in [0.2, 0.25) is 0 Å². The van der Waals surface area contributed by atoms with Gasteiger partial charge in [0, 0.05) is 20.1 Å². The molecular formula is C15H22FN3. The van der Waals surface area contributed by atoms with Gasteiger partial charge in [-0.15, -0.1) is 0 Å². The average Bonchev–Trinajstić information content (AvgIpc) is 3.24. The summed E-state index contributed by atoms with van der Waals surface area (Å²) in [6.07, 6.45) is 5.35. The highest BCUT2D eigenvalue weighted by atomic mass is 19.1. The number of nitrogens with one attached hydrogen (secondary N) is 2. The Balaban J connectivity index is 1.65. The first-order valence-corrected chi connectivity index (χ1v) is 6.97. The summed E-state index contributed by atoms with van der Waals surface area (Å²) in [7, 11) is 1.76. The fourth-order valence-electron chi connectivity index (χ4n) is 2.01. The quantitative estimate of drug-likeness (QED) is 0.470. The average molecular weight is 263 g/mol. The molecule has 1 aromatic rings. The van der Waals surface area contributed by atoms with Gasteiger partial charge in [-0.25, -0.2) is 4.39 Å². The van der Waals surface area contributed by atoms with Crippen LogP contribution in [0, 0.1) is 11.7 Å². The van der Waals surface area contributed by atoms with E-state index in [1.54, 1.807) is 19.2 Å². The molecule has 0 unspecified atom stereocenters. The zero-order valence-corrected chi connectivity index (χ0v) is 11.5. The number of rotatable bonds is 6. The Morgan fingerprint density at radius 3 is 2.63 bits per heavy atom. The van der Waals surface area contributed by atoms with E-state index >= 15 is 0 Å². The highest BCUT2D eigenvalue weighted by Gasteiger charge is 2.19. The molecule has 19 heavy (non-hydrogen) atoms.